The first-order chi connectivity index (χ1) is 11.1. The average Bonchev–Trinajstić information content (AvgIpc) is 2.49. The average molecular weight is 356 g/mol. The second kappa shape index (κ2) is 9.39. The molecule has 5 nitrogen and oxygen atoms in total. The molecule has 0 aromatic heterocycles. The molecule has 0 amide bonds. The maximum atomic E-state index is 11.9. The fourth-order valence-electron chi connectivity index (χ4n) is 2.12. The van der Waals surface area contributed by atoms with Crippen LogP contribution < -0.4 is 14.9 Å². The molecular weight excluding hydrogens is 322 g/mol. The van der Waals surface area contributed by atoms with Crippen molar-refractivity contribution in [3.63, 3.8) is 0 Å². The maximum absolute atomic E-state index is 11.9. The van der Waals surface area contributed by atoms with Crippen LogP contribution in [0.3, 0.4) is 0 Å². The largest absolute Gasteiger partial charge is 0.378 e. The molecule has 0 saturated carbocycles. The topological polar surface area (TPSA) is 61.4 Å². The molecule has 0 saturated heterocycles. The summed E-state index contributed by atoms with van der Waals surface area (Å²) in [5.74, 6) is 0. The Hall–Kier alpha value is -1.11. The van der Waals surface area contributed by atoms with Crippen molar-refractivity contribution in [1.82, 2.24) is 10.0 Å². The van der Waals surface area contributed by atoms with Crippen molar-refractivity contribution in [1.29, 1.82) is 0 Å². The summed E-state index contributed by atoms with van der Waals surface area (Å²) in [5.41, 5.74) is 2.48. The number of nitrogens with zero attached hydrogens (tertiary/aromatic N) is 1. The standard InChI is InChI=1S/C18H33N3O2S/c1-18(2,3)24(22,23)20-14-8-6-7-13-19-15-16-9-11-17(12-10-16)21(4)5/h9-12,19-20H,6-8,13-15H2,1-5H3. The summed E-state index contributed by atoms with van der Waals surface area (Å²) in [6.45, 7) is 7.47. The molecule has 0 bridgehead atoms. The van der Waals surface area contributed by atoms with Crippen molar-refractivity contribution in [2.45, 2.75) is 51.3 Å². The molecule has 138 valence electrons. The molecule has 0 aliphatic heterocycles. The van der Waals surface area contributed by atoms with Gasteiger partial charge in [0.25, 0.3) is 0 Å². The van der Waals surface area contributed by atoms with Gasteiger partial charge in [-0.05, 0) is 57.9 Å². The molecule has 6 heteroatoms. The Bertz CT molecular complexity index is 575. The number of hydrogen-bond donors (Lipinski definition) is 2. The molecule has 0 heterocycles. The van der Waals surface area contributed by atoms with Crippen molar-refractivity contribution < 1.29 is 8.42 Å². The lowest BCUT2D eigenvalue weighted by atomic mass is 10.2. The predicted octanol–water partition coefficient (Wildman–Crippen LogP) is 2.73. The van der Waals surface area contributed by atoms with E-state index in [0.717, 1.165) is 32.4 Å². The summed E-state index contributed by atoms with van der Waals surface area (Å²) >= 11 is 0. The third-order valence-electron chi connectivity index (χ3n) is 3.91. The zero-order valence-electron chi connectivity index (χ0n) is 15.7. The smallest absolute Gasteiger partial charge is 0.216 e. The van der Waals surface area contributed by atoms with Crippen LogP contribution in [-0.2, 0) is 16.6 Å². The third-order valence-corrected chi connectivity index (χ3v) is 6.11. The molecule has 0 unspecified atom stereocenters. The van der Waals surface area contributed by atoms with E-state index < -0.39 is 14.8 Å². The van der Waals surface area contributed by atoms with E-state index in [9.17, 15) is 8.42 Å². The number of benzene rings is 1. The monoisotopic (exact) mass is 355 g/mol. The van der Waals surface area contributed by atoms with E-state index >= 15 is 0 Å². The summed E-state index contributed by atoms with van der Waals surface area (Å²) in [6, 6.07) is 8.53. The van der Waals surface area contributed by atoms with Crippen LogP contribution in [0.25, 0.3) is 0 Å². The van der Waals surface area contributed by atoms with E-state index in [1.54, 1.807) is 20.8 Å². The van der Waals surface area contributed by atoms with Crippen LogP contribution in [0.5, 0.6) is 0 Å². The van der Waals surface area contributed by atoms with Crippen molar-refractivity contribution >= 4 is 15.7 Å². The number of hydrogen-bond acceptors (Lipinski definition) is 4. The highest BCUT2D eigenvalue weighted by Gasteiger charge is 2.27. The molecule has 0 fully saturated rings. The van der Waals surface area contributed by atoms with Gasteiger partial charge >= 0.3 is 0 Å². The van der Waals surface area contributed by atoms with Gasteiger partial charge in [-0.25, -0.2) is 13.1 Å². The molecule has 0 radical (unpaired) electrons. The predicted molar refractivity (Wildman–Crippen MR) is 103 cm³/mol. The molecule has 0 spiro atoms. The summed E-state index contributed by atoms with van der Waals surface area (Å²) in [7, 11) is 0.863. The van der Waals surface area contributed by atoms with Crippen LogP contribution in [0.15, 0.2) is 24.3 Å². The minimum atomic E-state index is -3.21. The number of unbranched alkanes of at least 4 members (excludes halogenated alkanes) is 2. The highest BCUT2D eigenvalue weighted by molar-refractivity contribution is 7.90. The minimum Gasteiger partial charge on any atom is -0.378 e. The lowest BCUT2D eigenvalue weighted by molar-refractivity contribution is 0.537. The summed E-state index contributed by atoms with van der Waals surface area (Å²) in [4.78, 5) is 2.09. The number of nitrogens with one attached hydrogen (secondary N) is 2. The van der Waals surface area contributed by atoms with Gasteiger partial charge in [-0.2, -0.15) is 0 Å². The van der Waals surface area contributed by atoms with Gasteiger partial charge in [-0.1, -0.05) is 18.6 Å². The quantitative estimate of drug-likeness (QED) is 0.634. The van der Waals surface area contributed by atoms with Crippen LogP contribution in [0.1, 0.15) is 45.6 Å². The van der Waals surface area contributed by atoms with Crippen molar-refractivity contribution in [3.05, 3.63) is 29.8 Å². The number of rotatable bonds is 10. The molecular formula is C18H33N3O2S. The second-order valence-electron chi connectivity index (χ2n) is 7.31. The number of sulfonamides is 1. The summed E-state index contributed by atoms with van der Waals surface area (Å²) in [6.07, 6.45) is 2.93. The Kier molecular flexibility index (Phi) is 8.19. The Morgan fingerprint density at radius 2 is 1.54 bits per heavy atom. The van der Waals surface area contributed by atoms with Gasteiger partial charge in [-0.15, -0.1) is 0 Å². The van der Waals surface area contributed by atoms with Crippen molar-refractivity contribution in [3.8, 4) is 0 Å². The van der Waals surface area contributed by atoms with Gasteiger partial charge in [0.15, 0.2) is 0 Å². The Labute approximate surface area is 147 Å². The fraction of sp³-hybridized carbons (Fsp3) is 0.667. The van der Waals surface area contributed by atoms with Crippen molar-refractivity contribution in [2.75, 3.05) is 32.1 Å². The van der Waals surface area contributed by atoms with Gasteiger partial charge in [-0.3, -0.25) is 0 Å². The molecule has 1 aromatic rings. The van der Waals surface area contributed by atoms with E-state index in [4.69, 9.17) is 0 Å². The van der Waals surface area contributed by atoms with E-state index in [1.165, 1.54) is 11.3 Å². The van der Waals surface area contributed by atoms with Gasteiger partial charge in [0, 0.05) is 32.9 Å². The zero-order valence-corrected chi connectivity index (χ0v) is 16.5. The minimum absolute atomic E-state index is 0.519. The number of anilines is 1. The molecule has 0 atom stereocenters. The van der Waals surface area contributed by atoms with Crippen LogP contribution in [0.4, 0.5) is 5.69 Å². The fourth-order valence-corrected chi connectivity index (χ4v) is 2.97. The molecule has 0 aliphatic carbocycles. The first-order valence-corrected chi connectivity index (χ1v) is 10.1. The Balaban J connectivity index is 2.11. The van der Waals surface area contributed by atoms with Gasteiger partial charge < -0.3 is 10.2 Å². The van der Waals surface area contributed by atoms with Crippen LogP contribution in [-0.4, -0.2) is 40.3 Å². The zero-order chi connectivity index (χ0) is 18.2. The maximum Gasteiger partial charge on any atom is 0.216 e. The first-order valence-electron chi connectivity index (χ1n) is 8.60. The highest BCUT2D eigenvalue weighted by Crippen LogP contribution is 2.13. The molecule has 1 aromatic carbocycles. The molecule has 0 aliphatic rings. The van der Waals surface area contributed by atoms with Crippen LogP contribution in [0.2, 0.25) is 0 Å². The lowest BCUT2D eigenvalue weighted by Gasteiger charge is -2.19. The van der Waals surface area contributed by atoms with Crippen LogP contribution >= 0.6 is 0 Å². The molecule has 1 rings (SSSR count). The lowest BCUT2D eigenvalue weighted by Crippen LogP contribution is -2.39. The van der Waals surface area contributed by atoms with Gasteiger partial charge in [0.2, 0.25) is 10.0 Å². The molecule has 2 N–H and O–H groups in total. The van der Waals surface area contributed by atoms with E-state index in [1.807, 2.05) is 14.1 Å². The second-order valence-corrected chi connectivity index (χ2v) is 9.83. The van der Waals surface area contributed by atoms with E-state index in [2.05, 4.69) is 39.2 Å². The van der Waals surface area contributed by atoms with Crippen molar-refractivity contribution in [2.24, 2.45) is 0 Å². The first kappa shape index (κ1) is 20.9. The third kappa shape index (κ3) is 7.20. The van der Waals surface area contributed by atoms with E-state index in [-0.39, 0.29) is 0 Å². The SMILES string of the molecule is CN(C)c1ccc(CNCCCCCNS(=O)(=O)C(C)(C)C)cc1. The summed E-state index contributed by atoms with van der Waals surface area (Å²) in [5, 5.41) is 3.43. The Morgan fingerprint density at radius 1 is 0.958 bits per heavy atom. The van der Waals surface area contributed by atoms with Crippen LogP contribution in [0, 0.1) is 0 Å². The highest BCUT2D eigenvalue weighted by atomic mass is 32.2. The Morgan fingerprint density at radius 3 is 2.08 bits per heavy atom. The molecule has 24 heavy (non-hydrogen) atoms. The van der Waals surface area contributed by atoms with Gasteiger partial charge in [0.05, 0.1) is 4.75 Å². The normalized spacial score (nSPS) is 12.4. The van der Waals surface area contributed by atoms with E-state index in [0.29, 0.717) is 6.54 Å². The summed E-state index contributed by atoms with van der Waals surface area (Å²) < 4.78 is 25.7. The van der Waals surface area contributed by atoms with Gasteiger partial charge in [0.1, 0.15) is 0 Å².